The predicted molar refractivity (Wildman–Crippen MR) is 116 cm³/mol. The van der Waals surface area contributed by atoms with Gasteiger partial charge in [-0.2, -0.15) is 0 Å². The second-order valence-electron chi connectivity index (χ2n) is 7.21. The molecular weight excluding hydrogens is 406 g/mol. The van der Waals surface area contributed by atoms with Crippen molar-refractivity contribution < 1.29 is 14.3 Å². The molecule has 2 aromatic heterocycles. The van der Waals surface area contributed by atoms with Crippen LogP contribution in [-0.4, -0.2) is 52.8 Å². The number of carbonyl (C=O) groups is 1. The van der Waals surface area contributed by atoms with Gasteiger partial charge in [0.25, 0.3) is 0 Å². The molecule has 9 heteroatoms. The molecule has 0 radical (unpaired) electrons. The summed E-state index contributed by atoms with van der Waals surface area (Å²) >= 11 is 6.21. The van der Waals surface area contributed by atoms with Gasteiger partial charge in [0.15, 0.2) is 5.65 Å². The molecule has 1 aromatic carbocycles. The van der Waals surface area contributed by atoms with Crippen LogP contribution in [0.25, 0.3) is 11.2 Å². The first-order valence-electron chi connectivity index (χ1n) is 9.78. The first kappa shape index (κ1) is 20.3. The van der Waals surface area contributed by atoms with Gasteiger partial charge in [0.2, 0.25) is 0 Å². The molecule has 158 valence electrons. The Balaban J connectivity index is 1.45. The molecule has 0 unspecified atom stereocenters. The van der Waals surface area contributed by atoms with E-state index in [4.69, 9.17) is 21.1 Å². The second-order valence-corrected chi connectivity index (χ2v) is 7.62. The van der Waals surface area contributed by atoms with Crippen LogP contribution in [0.15, 0.2) is 30.5 Å². The number of aromatic nitrogens is 3. The van der Waals surface area contributed by atoms with Crippen molar-refractivity contribution in [1.82, 2.24) is 19.4 Å². The molecule has 0 bridgehead atoms. The SMILES string of the molecule is COc1cc(OC)c(NC(=O)N2CCC(n3c(C)nc4cccnc43)CC2)cc1Cl. The number of rotatable bonds is 4. The number of piperidine rings is 1. The molecule has 30 heavy (non-hydrogen) atoms. The van der Waals surface area contributed by atoms with Gasteiger partial charge in [-0.25, -0.2) is 14.8 Å². The highest BCUT2D eigenvalue weighted by Gasteiger charge is 2.27. The van der Waals surface area contributed by atoms with E-state index in [2.05, 4.69) is 19.9 Å². The number of amides is 2. The number of pyridine rings is 1. The lowest BCUT2D eigenvalue weighted by atomic mass is 10.0. The quantitative estimate of drug-likeness (QED) is 0.669. The predicted octanol–water partition coefficient (Wildman–Crippen LogP) is 4.28. The number of aryl methyl sites for hydroxylation is 1. The van der Waals surface area contributed by atoms with E-state index in [1.54, 1.807) is 23.2 Å². The summed E-state index contributed by atoms with van der Waals surface area (Å²) in [4.78, 5) is 23.7. The number of fused-ring (bicyclic) bond motifs is 1. The van der Waals surface area contributed by atoms with Gasteiger partial charge in [-0.15, -0.1) is 0 Å². The number of hydrogen-bond donors (Lipinski definition) is 1. The van der Waals surface area contributed by atoms with Crippen LogP contribution in [0.5, 0.6) is 11.5 Å². The van der Waals surface area contributed by atoms with Gasteiger partial charge >= 0.3 is 6.03 Å². The number of nitrogens with zero attached hydrogens (tertiary/aromatic N) is 4. The van der Waals surface area contributed by atoms with E-state index in [0.717, 1.165) is 29.8 Å². The fourth-order valence-corrected chi connectivity index (χ4v) is 4.20. The molecular formula is C21H24ClN5O3. The molecule has 1 aliphatic heterocycles. The summed E-state index contributed by atoms with van der Waals surface area (Å²) in [6, 6.07) is 7.24. The fourth-order valence-electron chi connectivity index (χ4n) is 3.96. The van der Waals surface area contributed by atoms with Crippen LogP contribution in [0.4, 0.5) is 10.5 Å². The lowest BCUT2D eigenvalue weighted by Crippen LogP contribution is -2.41. The Morgan fingerprint density at radius 3 is 2.63 bits per heavy atom. The van der Waals surface area contributed by atoms with Crippen molar-refractivity contribution in [3.63, 3.8) is 0 Å². The van der Waals surface area contributed by atoms with Crippen molar-refractivity contribution in [3.05, 3.63) is 41.3 Å². The van der Waals surface area contributed by atoms with Gasteiger partial charge in [-0.05, 0) is 38.0 Å². The summed E-state index contributed by atoms with van der Waals surface area (Å²) in [7, 11) is 3.07. The summed E-state index contributed by atoms with van der Waals surface area (Å²) in [6.07, 6.45) is 3.45. The van der Waals surface area contributed by atoms with Crippen molar-refractivity contribution in [2.45, 2.75) is 25.8 Å². The first-order chi connectivity index (χ1) is 14.5. The largest absolute Gasteiger partial charge is 0.495 e. The third kappa shape index (κ3) is 3.75. The minimum absolute atomic E-state index is 0.182. The van der Waals surface area contributed by atoms with Gasteiger partial charge < -0.3 is 24.3 Å². The molecule has 0 atom stereocenters. The minimum atomic E-state index is -0.182. The van der Waals surface area contributed by atoms with E-state index in [0.29, 0.717) is 35.3 Å². The van der Waals surface area contributed by atoms with Crippen LogP contribution in [0.1, 0.15) is 24.7 Å². The van der Waals surface area contributed by atoms with Crippen molar-refractivity contribution in [1.29, 1.82) is 0 Å². The second kappa shape index (κ2) is 8.39. The summed E-state index contributed by atoms with van der Waals surface area (Å²) in [5.41, 5.74) is 2.31. The molecule has 8 nitrogen and oxygen atoms in total. The Kier molecular flexibility index (Phi) is 5.67. The third-order valence-electron chi connectivity index (χ3n) is 5.46. The van der Waals surface area contributed by atoms with E-state index in [9.17, 15) is 4.79 Å². The molecule has 3 aromatic rings. The Bertz CT molecular complexity index is 1080. The van der Waals surface area contributed by atoms with Gasteiger partial charge in [0.05, 0.1) is 24.9 Å². The van der Waals surface area contributed by atoms with Crippen molar-refractivity contribution in [3.8, 4) is 11.5 Å². The number of carbonyl (C=O) groups excluding carboxylic acids is 1. The first-order valence-corrected chi connectivity index (χ1v) is 10.2. The number of anilines is 1. The maximum absolute atomic E-state index is 12.8. The number of nitrogens with one attached hydrogen (secondary N) is 1. The Hall–Kier alpha value is -3.00. The standard InChI is InChI=1S/C21H24ClN5O3/c1-13-24-16-5-4-8-23-20(16)27(13)14-6-9-26(10-7-14)21(28)25-17-11-15(22)18(29-2)12-19(17)30-3/h4-5,8,11-12,14H,6-7,9-10H2,1-3H3,(H,25,28). The van der Waals surface area contributed by atoms with Crippen molar-refractivity contribution in [2.75, 3.05) is 32.6 Å². The van der Waals surface area contributed by atoms with E-state index < -0.39 is 0 Å². The number of benzene rings is 1. The number of imidazole rings is 1. The smallest absolute Gasteiger partial charge is 0.321 e. The molecule has 0 spiro atoms. The average Bonchev–Trinajstić information content (AvgIpc) is 3.09. The summed E-state index contributed by atoms with van der Waals surface area (Å²) in [6.45, 7) is 3.27. The minimum Gasteiger partial charge on any atom is -0.495 e. The lowest BCUT2D eigenvalue weighted by molar-refractivity contribution is 0.184. The monoisotopic (exact) mass is 429 g/mol. The zero-order chi connectivity index (χ0) is 21.3. The van der Waals surface area contributed by atoms with Crippen LogP contribution in [0, 0.1) is 6.92 Å². The number of methoxy groups -OCH3 is 2. The van der Waals surface area contributed by atoms with Crippen LogP contribution in [0.2, 0.25) is 5.02 Å². The highest BCUT2D eigenvalue weighted by atomic mass is 35.5. The van der Waals surface area contributed by atoms with Crippen molar-refractivity contribution in [2.24, 2.45) is 0 Å². The van der Waals surface area contributed by atoms with E-state index >= 15 is 0 Å². The van der Waals surface area contributed by atoms with Crippen LogP contribution in [-0.2, 0) is 0 Å². The van der Waals surface area contributed by atoms with Crippen LogP contribution < -0.4 is 14.8 Å². The van der Waals surface area contributed by atoms with Gasteiger partial charge in [-0.3, -0.25) is 0 Å². The Morgan fingerprint density at radius 1 is 1.20 bits per heavy atom. The highest BCUT2D eigenvalue weighted by Crippen LogP contribution is 2.36. The van der Waals surface area contributed by atoms with Crippen molar-refractivity contribution >= 4 is 34.5 Å². The maximum Gasteiger partial charge on any atom is 0.321 e. The third-order valence-corrected chi connectivity index (χ3v) is 5.75. The normalized spacial score (nSPS) is 14.7. The van der Waals surface area contributed by atoms with Crippen LogP contribution in [0.3, 0.4) is 0 Å². The number of ether oxygens (including phenoxy) is 2. The van der Waals surface area contributed by atoms with Gasteiger partial charge in [0, 0.05) is 31.4 Å². The zero-order valence-corrected chi connectivity index (χ0v) is 17.9. The average molecular weight is 430 g/mol. The molecule has 1 saturated heterocycles. The molecule has 1 N–H and O–H groups in total. The molecule has 3 heterocycles. The van der Waals surface area contributed by atoms with E-state index in [-0.39, 0.29) is 12.1 Å². The Morgan fingerprint density at radius 2 is 1.93 bits per heavy atom. The molecule has 4 rings (SSSR count). The van der Waals surface area contributed by atoms with Gasteiger partial charge in [0.1, 0.15) is 22.8 Å². The number of likely N-dealkylation sites (tertiary alicyclic amines) is 1. The van der Waals surface area contributed by atoms with Crippen LogP contribution >= 0.6 is 11.6 Å². The Labute approximate surface area is 179 Å². The fraction of sp³-hybridized carbons (Fsp3) is 0.381. The zero-order valence-electron chi connectivity index (χ0n) is 17.2. The number of halogens is 1. The van der Waals surface area contributed by atoms with E-state index in [1.165, 1.54) is 14.2 Å². The maximum atomic E-state index is 12.8. The highest BCUT2D eigenvalue weighted by molar-refractivity contribution is 6.32. The number of urea groups is 1. The summed E-state index contributed by atoms with van der Waals surface area (Å²) in [5, 5.41) is 3.31. The molecule has 1 fully saturated rings. The number of hydrogen-bond acceptors (Lipinski definition) is 5. The molecule has 1 aliphatic rings. The van der Waals surface area contributed by atoms with Gasteiger partial charge in [-0.1, -0.05) is 11.6 Å². The molecule has 0 aliphatic carbocycles. The molecule has 0 saturated carbocycles. The molecule has 2 amide bonds. The lowest BCUT2D eigenvalue weighted by Gasteiger charge is -2.33. The topological polar surface area (TPSA) is 81.5 Å². The summed E-state index contributed by atoms with van der Waals surface area (Å²) in [5.74, 6) is 1.93. The summed E-state index contributed by atoms with van der Waals surface area (Å²) < 4.78 is 12.8. The van der Waals surface area contributed by atoms with E-state index in [1.807, 2.05) is 19.1 Å².